The van der Waals surface area contributed by atoms with Gasteiger partial charge in [0.25, 0.3) is 0 Å². The predicted octanol–water partition coefficient (Wildman–Crippen LogP) is 1.20. The van der Waals surface area contributed by atoms with Gasteiger partial charge >= 0.3 is 6.09 Å². The van der Waals surface area contributed by atoms with Gasteiger partial charge < -0.3 is 29.6 Å². The second-order valence-corrected chi connectivity index (χ2v) is 14.2. The Kier molecular flexibility index (Phi) is 8.46. The average molecular weight is 624 g/mol. The zero-order valence-corrected chi connectivity index (χ0v) is 24.5. The van der Waals surface area contributed by atoms with E-state index in [9.17, 15) is 31.8 Å². The van der Waals surface area contributed by atoms with Crippen molar-refractivity contribution >= 4 is 37.2 Å². The molecule has 2 aliphatic heterocycles. The van der Waals surface area contributed by atoms with Gasteiger partial charge in [0.2, 0.25) is 20.0 Å². The molecule has 1 amide bonds. The second-order valence-electron chi connectivity index (χ2n) is 10.4. The summed E-state index contributed by atoms with van der Waals surface area (Å²) in [5.41, 5.74) is 0.626. The highest BCUT2D eigenvalue weighted by Crippen LogP contribution is 2.39. The van der Waals surface area contributed by atoms with Crippen molar-refractivity contribution in [3.63, 3.8) is 0 Å². The van der Waals surface area contributed by atoms with Crippen LogP contribution in [0.3, 0.4) is 0 Å². The summed E-state index contributed by atoms with van der Waals surface area (Å²) in [4.78, 5) is 20.5. The number of hydrogen-bond donors (Lipinski definition) is 4. The molecular formula is C26H33N5O9S2. The number of aliphatic hydroxyl groups is 1. The van der Waals surface area contributed by atoms with Gasteiger partial charge in [0, 0.05) is 31.5 Å². The number of nitrogens with zero attached hydrogens (tertiary/aromatic N) is 3. The third kappa shape index (κ3) is 6.23. The summed E-state index contributed by atoms with van der Waals surface area (Å²) >= 11 is 0. The van der Waals surface area contributed by atoms with E-state index in [1.165, 1.54) is 41.8 Å². The number of benzene rings is 1. The van der Waals surface area contributed by atoms with Gasteiger partial charge in [0.1, 0.15) is 23.4 Å². The SMILES string of the molecule is CNS(=O)(=O)c1cccc(OCC(O)CN(C(=O)O)C2COC3(CCN(S(=O)(=O)c4cnc5cc[nH]c5c4)CC3)C2)c1. The lowest BCUT2D eigenvalue weighted by molar-refractivity contribution is -0.0319. The summed E-state index contributed by atoms with van der Waals surface area (Å²) in [5, 5.41) is 20.5. The van der Waals surface area contributed by atoms with Crippen molar-refractivity contribution in [2.24, 2.45) is 0 Å². The van der Waals surface area contributed by atoms with Crippen LogP contribution in [-0.4, -0.2) is 110 Å². The molecule has 5 rings (SSSR count). The lowest BCUT2D eigenvalue weighted by Crippen LogP contribution is -2.48. The molecule has 4 N–H and O–H groups in total. The van der Waals surface area contributed by atoms with Gasteiger partial charge in [0.15, 0.2) is 0 Å². The molecule has 1 aromatic carbocycles. The Labute approximate surface area is 243 Å². The molecule has 2 aromatic heterocycles. The Balaban J connectivity index is 1.17. The van der Waals surface area contributed by atoms with E-state index in [0.29, 0.717) is 30.3 Å². The molecule has 4 heterocycles. The number of aromatic amines is 1. The quantitative estimate of drug-likeness (QED) is 0.255. The van der Waals surface area contributed by atoms with Crippen LogP contribution in [0.5, 0.6) is 5.75 Å². The fraction of sp³-hybridized carbons (Fsp3) is 0.462. The van der Waals surface area contributed by atoms with E-state index >= 15 is 0 Å². The van der Waals surface area contributed by atoms with E-state index in [1.54, 1.807) is 18.3 Å². The van der Waals surface area contributed by atoms with Crippen LogP contribution in [-0.2, 0) is 24.8 Å². The Morgan fingerprint density at radius 2 is 2.00 bits per heavy atom. The maximum absolute atomic E-state index is 13.3. The molecule has 1 spiro atoms. The standard InChI is InChI=1S/C26H33N5O9S2/c1-27-41(35,36)21-4-2-3-20(11-21)39-17-19(32)15-31(25(33)34)18-13-26(40-16-18)6-9-30(10-7-26)42(37,38)22-12-24-23(29-14-22)5-8-28-24/h2-5,8,11-12,14,18-19,27-28,32H,6-7,9-10,13,15-17H2,1H3,(H,33,34). The first-order chi connectivity index (χ1) is 19.9. The molecule has 2 fully saturated rings. The maximum atomic E-state index is 13.3. The minimum Gasteiger partial charge on any atom is -0.491 e. The molecule has 0 aliphatic carbocycles. The molecular weight excluding hydrogens is 590 g/mol. The van der Waals surface area contributed by atoms with Crippen molar-refractivity contribution in [1.82, 2.24) is 23.9 Å². The largest absolute Gasteiger partial charge is 0.491 e. The lowest BCUT2D eigenvalue weighted by atomic mass is 9.88. The number of sulfonamides is 2. The van der Waals surface area contributed by atoms with E-state index in [1.807, 2.05) is 0 Å². The Bertz CT molecular complexity index is 1650. The first-order valence-corrected chi connectivity index (χ1v) is 16.3. The van der Waals surface area contributed by atoms with E-state index < -0.39 is 43.9 Å². The number of pyridine rings is 1. The summed E-state index contributed by atoms with van der Waals surface area (Å²) in [7, 11) is -6.16. The molecule has 2 atom stereocenters. The summed E-state index contributed by atoms with van der Waals surface area (Å²) in [5.74, 6) is 0.209. The Morgan fingerprint density at radius 3 is 2.71 bits per heavy atom. The van der Waals surface area contributed by atoms with E-state index in [4.69, 9.17) is 9.47 Å². The molecule has 0 bridgehead atoms. The molecule has 2 aliphatic rings. The number of rotatable bonds is 10. The van der Waals surface area contributed by atoms with Crippen LogP contribution in [0.4, 0.5) is 4.79 Å². The molecule has 42 heavy (non-hydrogen) atoms. The Hall–Kier alpha value is -3.28. The number of hydrogen-bond acceptors (Lipinski definition) is 9. The van der Waals surface area contributed by atoms with Gasteiger partial charge in [-0.15, -0.1) is 0 Å². The minimum atomic E-state index is -3.77. The van der Waals surface area contributed by atoms with Gasteiger partial charge in [-0.25, -0.2) is 26.4 Å². The zero-order valence-electron chi connectivity index (χ0n) is 22.8. The highest BCUT2D eigenvalue weighted by Gasteiger charge is 2.47. The highest BCUT2D eigenvalue weighted by atomic mass is 32.2. The van der Waals surface area contributed by atoms with Crippen molar-refractivity contribution in [2.45, 2.75) is 46.8 Å². The third-order valence-electron chi connectivity index (χ3n) is 7.76. The van der Waals surface area contributed by atoms with Crippen molar-refractivity contribution in [3.8, 4) is 5.75 Å². The number of aromatic nitrogens is 2. The van der Waals surface area contributed by atoms with Gasteiger partial charge in [-0.2, -0.15) is 4.31 Å². The number of piperidine rings is 1. The first kappa shape index (κ1) is 30.2. The summed E-state index contributed by atoms with van der Waals surface area (Å²) in [6.45, 7) is 0.0293. The van der Waals surface area contributed by atoms with E-state index in [2.05, 4.69) is 14.7 Å². The van der Waals surface area contributed by atoms with Crippen LogP contribution in [0.2, 0.25) is 0 Å². The average Bonchev–Trinajstić information content (AvgIpc) is 3.62. The lowest BCUT2D eigenvalue weighted by Gasteiger charge is -2.38. The van der Waals surface area contributed by atoms with Gasteiger partial charge in [0.05, 0.1) is 40.7 Å². The van der Waals surface area contributed by atoms with Crippen LogP contribution >= 0.6 is 0 Å². The van der Waals surface area contributed by atoms with Crippen LogP contribution in [0, 0.1) is 0 Å². The second kappa shape index (κ2) is 11.8. The van der Waals surface area contributed by atoms with Crippen molar-refractivity contribution in [3.05, 3.63) is 48.8 Å². The van der Waals surface area contributed by atoms with Crippen LogP contribution in [0.15, 0.2) is 58.6 Å². The fourth-order valence-electron chi connectivity index (χ4n) is 5.41. The van der Waals surface area contributed by atoms with Crippen molar-refractivity contribution in [2.75, 3.05) is 39.9 Å². The smallest absolute Gasteiger partial charge is 0.407 e. The first-order valence-electron chi connectivity index (χ1n) is 13.3. The highest BCUT2D eigenvalue weighted by molar-refractivity contribution is 7.89. The fourth-order valence-corrected chi connectivity index (χ4v) is 7.59. The van der Waals surface area contributed by atoms with Gasteiger partial charge in [-0.05, 0) is 50.6 Å². The minimum absolute atomic E-state index is 0.00495. The number of amides is 1. The monoisotopic (exact) mass is 623 g/mol. The zero-order chi connectivity index (χ0) is 30.1. The van der Waals surface area contributed by atoms with E-state index in [-0.39, 0.29) is 48.4 Å². The molecule has 16 heteroatoms. The van der Waals surface area contributed by atoms with Crippen LogP contribution in [0.25, 0.3) is 11.0 Å². The Morgan fingerprint density at radius 1 is 1.24 bits per heavy atom. The van der Waals surface area contributed by atoms with Crippen LogP contribution in [0.1, 0.15) is 19.3 Å². The molecule has 14 nitrogen and oxygen atoms in total. The van der Waals surface area contributed by atoms with Gasteiger partial charge in [-0.1, -0.05) is 6.07 Å². The maximum Gasteiger partial charge on any atom is 0.407 e. The number of aliphatic hydroxyl groups excluding tert-OH is 1. The molecule has 228 valence electrons. The molecule has 3 aromatic rings. The predicted molar refractivity (Wildman–Crippen MR) is 150 cm³/mol. The number of carboxylic acid groups (broad SMARTS) is 1. The summed E-state index contributed by atoms with van der Waals surface area (Å²) in [6, 6.07) is 8.52. The number of fused-ring (bicyclic) bond motifs is 1. The number of ether oxygens (including phenoxy) is 2. The normalized spacial score (nSPS) is 20.1. The molecule has 2 saturated heterocycles. The summed E-state index contributed by atoms with van der Waals surface area (Å²) < 4.78 is 65.8. The van der Waals surface area contributed by atoms with Crippen molar-refractivity contribution < 1.29 is 41.3 Å². The topological polar surface area (TPSA) is 191 Å². The van der Waals surface area contributed by atoms with Gasteiger partial charge in [-0.3, -0.25) is 4.98 Å². The van der Waals surface area contributed by atoms with Crippen LogP contribution < -0.4 is 9.46 Å². The molecule has 0 radical (unpaired) electrons. The van der Waals surface area contributed by atoms with Crippen molar-refractivity contribution in [1.29, 1.82) is 0 Å². The molecule has 2 unspecified atom stereocenters. The number of nitrogens with one attached hydrogen (secondary N) is 2. The molecule has 0 saturated carbocycles. The third-order valence-corrected chi connectivity index (χ3v) is 11.0. The number of H-pyrrole nitrogens is 1. The van der Waals surface area contributed by atoms with E-state index in [0.717, 1.165) is 4.90 Å². The number of carbonyl (C=O) groups is 1. The summed E-state index contributed by atoms with van der Waals surface area (Å²) in [6.07, 6.45) is 1.77.